The second kappa shape index (κ2) is 5.49. The first-order valence-corrected chi connectivity index (χ1v) is 7.08. The highest BCUT2D eigenvalue weighted by Crippen LogP contribution is 2.33. The van der Waals surface area contributed by atoms with Gasteiger partial charge in [0.2, 0.25) is 0 Å². The summed E-state index contributed by atoms with van der Waals surface area (Å²) in [7, 11) is 0. The van der Waals surface area contributed by atoms with Gasteiger partial charge in [-0.2, -0.15) is 0 Å². The summed E-state index contributed by atoms with van der Waals surface area (Å²) in [4.78, 5) is 0. The Morgan fingerprint density at radius 2 is 1.94 bits per heavy atom. The molecule has 1 aromatic rings. The molecule has 0 spiro atoms. The van der Waals surface area contributed by atoms with E-state index in [-0.39, 0.29) is 11.7 Å². The number of hydrogen-bond donors (Lipinski definition) is 1. The maximum Gasteiger partial charge on any atom is 0.140 e. The predicted molar refractivity (Wildman–Crippen MR) is 73.0 cm³/mol. The molecule has 0 amide bonds. The van der Waals surface area contributed by atoms with Gasteiger partial charge in [-0.15, -0.1) is 0 Å². The summed E-state index contributed by atoms with van der Waals surface area (Å²) >= 11 is 3.34. The van der Waals surface area contributed by atoms with Crippen molar-refractivity contribution in [3.63, 3.8) is 0 Å². The van der Waals surface area contributed by atoms with Gasteiger partial charge in [-0.3, -0.25) is 0 Å². The lowest BCUT2D eigenvalue weighted by molar-refractivity contribution is 0.459. The van der Waals surface area contributed by atoms with Crippen LogP contribution in [0.1, 0.15) is 49.7 Å². The Labute approximate surface area is 111 Å². The zero-order chi connectivity index (χ0) is 12.4. The van der Waals surface area contributed by atoms with E-state index in [1.165, 1.54) is 5.56 Å². The third-order valence-electron chi connectivity index (χ3n) is 3.51. The van der Waals surface area contributed by atoms with Crippen LogP contribution in [0.15, 0.2) is 16.6 Å². The molecule has 0 aliphatic carbocycles. The average molecular weight is 300 g/mol. The van der Waals surface area contributed by atoms with Crippen LogP contribution in [-0.2, 0) is 0 Å². The first-order valence-electron chi connectivity index (χ1n) is 6.29. The Morgan fingerprint density at radius 1 is 1.29 bits per heavy atom. The van der Waals surface area contributed by atoms with Crippen molar-refractivity contribution in [2.45, 2.75) is 38.5 Å². The smallest absolute Gasteiger partial charge is 0.140 e. The highest BCUT2D eigenvalue weighted by atomic mass is 79.9. The second-order valence-corrected chi connectivity index (χ2v) is 5.94. The summed E-state index contributed by atoms with van der Waals surface area (Å²) in [5.74, 6) is 0.705. The van der Waals surface area contributed by atoms with E-state index in [4.69, 9.17) is 0 Å². The van der Waals surface area contributed by atoms with Crippen LogP contribution >= 0.6 is 15.9 Å². The molecule has 0 atom stereocenters. The van der Waals surface area contributed by atoms with Crippen LogP contribution in [0.2, 0.25) is 0 Å². The number of benzene rings is 1. The molecule has 1 heterocycles. The van der Waals surface area contributed by atoms with Crippen LogP contribution in [-0.4, -0.2) is 13.1 Å². The minimum absolute atomic E-state index is 0.0994. The minimum Gasteiger partial charge on any atom is -0.317 e. The van der Waals surface area contributed by atoms with Crippen LogP contribution in [0.4, 0.5) is 4.39 Å². The number of piperidine rings is 1. The van der Waals surface area contributed by atoms with Crippen LogP contribution in [0.5, 0.6) is 0 Å². The van der Waals surface area contributed by atoms with E-state index in [1.54, 1.807) is 0 Å². The molecule has 1 aromatic carbocycles. The minimum atomic E-state index is -0.0994. The highest BCUT2D eigenvalue weighted by Gasteiger charge is 2.19. The van der Waals surface area contributed by atoms with E-state index in [0.717, 1.165) is 31.5 Å². The van der Waals surface area contributed by atoms with Gasteiger partial charge in [0.1, 0.15) is 5.82 Å². The van der Waals surface area contributed by atoms with Gasteiger partial charge in [-0.1, -0.05) is 19.9 Å². The molecule has 3 heteroatoms. The lowest BCUT2D eigenvalue weighted by Crippen LogP contribution is -2.26. The molecule has 1 aliphatic heterocycles. The lowest BCUT2D eigenvalue weighted by atomic mass is 9.88. The molecule has 0 bridgehead atoms. The second-order valence-electron chi connectivity index (χ2n) is 5.08. The number of nitrogens with one attached hydrogen (secondary N) is 1. The summed E-state index contributed by atoms with van der Waals surface area (Å²) in [5, 5.41) is 3.36. The average Bonchev–Trinajstić information content (AvgIpc) is 2.33. The van der Waals surface area contributed by atoms with Crippen LogP contribution in [0.25, 0.3) is 0 Å². The van der Waals surface area contributed by atoms with Crippen molar-refractivity contribution in [1.82, 2.24) is 5.32 Å². The van der Waals surface area contributed by atoms with Gasteiger partial charge >= 0.3 is 0 Å². The van der Waals surface area contributed by atoms with Crippen molar-refractivity contribution in [3.05, 3.63) is 33.5 Å². The predicted octanol–water partition coefficient (Wildman–Crippen LogP) is 4.18. The van der Waals surface area contributed by atoms with Gasteiger partial charge in [0.05, 0.1) is 4.47 Å². The summed E-state index contributed by atoms with van der Waals surface area (Å²) in [6.07, 6.45) is 2.30. The van der Waals surface area contributed by atoms with E-state index in [2.05, 4.69) is 27.3 Å². The van der Waals surface area contributed by atoms with Crippen LogP contribution < -0.4 is 5.32 Å². The molecule has 1 saturated heterocycles. The zero-order valence-corrected chi connectivity index (χ0v) is 12.0. The SMILES string of the molecule is CC(C)c1cc(C2CCNCC2)cc(Br)c1F. The Morgan fingerprint density at radius 3 is 2.53 bits per heavy atom. The van der Waals surface area contributed by atoms with E-state index in [0.29, 0.717) is 10.4 Å². The first kappa shape index (κ1) is 13.0. The Kier molecular flexibility index (Phi) is 4.21. The fraction of sp³-hybridized carbons (Fsp3) is 0.571. The normalized spacial score (nSPS) is 17.7. The van der Waals surface area contributed by atoms with Crippen molar-refractivity contribution >= 4 is 15.9 Å². The van der Waals surface area contributed by atoms with E-state index in [9.17, 15) is 4.39 Å². The molecule has 2 rings (SSSR count). The summed E-state index contributed by atoms with van der Waals surface area (Å²) in [6.45, 7) is 6.21. The molecule has 94 valence electrons. The molecule has 1 N–H and O–H groups in total. The standard InChI is InChI=1S/C14H19BrFN/c1-9(2)12-7-11(8-13(15)14(12)16)10-3-5-17-6-4-10/h7-10,17H,3-6H2,1-2H3. The Balaban J connectivity index is 2.34. The molecule has 1 nitrogen and oxygen atoms in total. The van der Waals surface area contributed by atoms with Gasteiger partial charge in [0.15, 0.2) is 0 Å². The molecule has 0 saturated carbocycles. The van der Waals surface area contributed by atoms with Gasteiger partial charge < -0.3 is 5.32 Å². The number of hydrogen-bond acceptors (Lipinski definition) is 1. The van der Waals surface area contributed by atoms with Crippen LogP contribution in [0.3, 0.4) is 0 Å². The fourth-order valence-electron chi connectivity index (χ4n) is 2.44. The zero-order valence-electron chi connectivity index (χ0n) is 10.4. The van der Waals surface area contributed by atoms with Crippen molar-refractivity contribution in [2.75, 3.05) is 13.1 Å². The molecular weight excluding hydrogens is 281 g/mol. The maximum atomic E-state index is 13.9. The fourth-order valence-corrected chi connectivity index (χ4v) is 2.94. The third kappa shape index (κ3) is 2.89. The Hall–Kier alpha value is -0.410. The number of rotatable bonds is 2. The van der Waals surface area contributed by atoms with Gasteiger partial charge in [-0.25, -0.2) is 4.39 Å². The third-order valence-corrected chi connectivity index (χ3v) is 4.09. The van der Waals surface area contributed by atoms with Crippen molar-refractivity contribution in [1.29, 1.82) is 0 Å². The molecular formula is C14H19BrFN. The van der Waals surface area contributed by atoms with Crippen molar-refractivity contribution in [2.24, 2.45) is 0 Å². The largest absolute Gasteiger partial charge is 0.317 e. The molecule has 0 unspecified atom stereocenters. The molecule has 1 fully saturated rings. The molecule has 0 aromatic heterocycles. The first-order chi connectivity index (χ1) is 8.09. The van der Waals surface area contributed by atoms with Gasteiger partial charge in [-0.05, 0) is 70.9 Å². The molecule has 0 radical (unpaired) electrons. The van der Waals surface area contributed by atoms with Crippen molar-refractivity contribution < 1.29 is 4.39 Å². The monoisotopic (exact) mass is 299 g/mol. The maximum absolute atomic E-state index is 13.9. The topological polar surface area (TPSA) is 12.0 Å². The quantitative estimate of drug-likeness (QED) is 0.864. The van der Waals surface area contributed by atoms with E-state index in [1.807, 2.05) is 19.9 Å². The Bertz CT molecular complexity index is 397. The van der Waals surface area contributed by atoms with E-state index >= 15 is 0 Å². The molecule has 1 aliphatic rings. The van der Waals surface area contributed by atoms with Crippen molar-refractivity contribution in [3.8, 4) is 0 Å². The van der Waals surface area contributed by atoms with Gasteiger partial charge in [0.25, 0.3) is 0 Å². The summed E-state index contributed by atoms with van der Waals surface area (Å²) < 4.78 is 14.5. The lowest BCUT2D eigenvalue weighted by Gasteiger charge is -2.24. The van der Waals surface area contributed by atoms with Crippen LogP contribution in [0, 0.1) is 5.82 Å². The summed E-state index contributed by atoms with van der Waals surface area (Å²) in [5.41, 5.74) is 2.11. The molecule has 17 heavy (non-hydrogen) atoms. The highest BCUT2D eigenvalue weighted by molar-refractivity contribution is 9.10. The van der Waals surface area contributed by atoms with E-state index < -0.39 is 0 Å². The summed E-state index contributed by atoms with van der Waals surface area (Å²) in [6, 6.07) is 4.01. The number of halogens is 2. The van der Waals surface area contributed by atoms with Gasteiger partial charge in [0, 0.05) is 0 Å².